The maximum atomic E-state index is 12.3. The third-order valence-corrected chi connectivity index (χ3v) is 4.65. The van der Waals surface area contributed by atoms with Gasteiger partial charge < -0.3 is 19.7 Å². The summed E-state index contributed by atoms with van der Waals surface area (Å²) in [5.41, 5.74) is 0.774. The molecule has 0 radical (unpaired) electrons. The molecule has 2 aliphatic heterocycles. The number of rotatable bonds is 3. The van der Waals surface area contributed by atoms with Gasteiger partial charge in [-0.05, 0) is 49.6 Å². The topological polar surface area (TPSA) is 78.6 Å². The van der Waals surface area contributed by atoms with Gasteiger partial charge in [-0.1, -0.05) is 0 Å². The summed E-state index contributed by atoms with van der Waals surface area (Å²) in [4.78, 5) is 18.8. The summed E-state index contributed by atoms with van der Waals surface area (Å²) in [5, 5.41) is 12.3. The number of piperidine rings is 1. The Morgan fingerprint density at radius 3 is 2.91 bits per heavy atom. The summed E-state index contributed by atoms with van der Waals surface area (Å²) in [6.07, 6.45) is 3.81. The van der Waals surface area contributed by atoms with Crippen LogP contribution in [0.15, 0.2) is 34.9 Å². The van der Waals surface area contributed by atoms with Crippen LogP contribution in [0.1, 0.15) is 23.5 Å². The van der Waals surface area contributed by atoms with Gasteiger partial charge in [0.25, 0.3) is 5.89 Å². The van der Waals surface area contributed by atoms with Crippen molar-refractivity contribution in [3.8, 4) is 17.1 Å². The predicted molar refractivity (Wildman–Crippen MR) is 84.0 cm³/mol. The quantitative estimate of drug-likeness (QED) is 0.904. The fraction of sp³-hybridized carbons (Fsp3) is 0.412. The Kier molecular flexibility index (Phi) is 3.53. The van der Waals surface area contributed by atoms with E-state index in [9.17, 15) is 9.90 Å². The van der Waals surface area contributed by atoms with Crippen LogP contribution in [0.5, 0.6) is 5.75 Å². The molecule has 1 amide bonds. The third-order valence-electron chi connectivity index (χ3n) is 4.65. The second kappa shape index (κ2) is 5.70. The van der Waals surface area contributed by atoms with Gasteiger partial charge in [-0.15, -0.1) is 0 Å². The third kappa shape index (κ3) is 2.94. The SMILES string of the molecule is O=C(N[C@@H]1C[C@H]2CCN(C2)C1)c1ncc(-c2ccc(O)cc2)o1. The highest BCUT2D eigenvalue weighted by atomic mass is 16.4. The van der Waals surface area contributed by atoms with Crippen molar-refractivity contribution in [3.05, 3.63) is 36.4 Å². The van der Waals surface area contributed by atoms with Gasteiger partial charge in [0.15, 0.2) is 5.76 Å². The fourth-order valence-corrected chi connectivity index (χ4v) is 3.55. The average molecular weight is 313 g/mol. The molecule has 0 aliphatic carbocycles. The number of nitrogens with one attached hydrogen (secondary N) is 1. The van der Waals surface area contributed by atoms with Crippen LogP contribution in [-0.4, -0.2) is 46.6 Å². The van der Waals surface area contributed by atoms with E-state index in [4.69, 9.17) is 4.42 Å². The maximum absolute atomic E-state index is 12.3. The zero-order valence-corrected chi connectivity index (χ0v) is 12.7. The van der Waals surface area contributed by atoms with Crippen molar-refractivity contribution >= 4 is 5.91 Å². The number of nitrogens with zero attached hydrogens (tertiary/aromatic N) is 2. The molecule has 2 saturated heterocycles. The van der Waals surface area contributed by atoms with Gasteiger partial charge >= 0.3 is 5.91 Å². The van der Waals surface area contributed by atoms with Gasteiger partial charge in [-0.25, -0.2) is 4.98 Å². The molecule has 0 spiro atoms. The highest BCUT2D eigenvalue weighted by molar-refractivity contribution is 5.90. The number of aromatic nitrogens is 1. The molecule has 2 aromatic rings. The van der Waals surface area contributed by atoms with Gasteiger partial charge in [-0.2, -0.15) is 0 Å². The number of phenolic OH excluding ortho intramolecular Hbond substituents is 1. The Hall–Kier alpha value is -2.34. The minimum absolute atomic E-state index is 0.0843. The van der Waals surface area contributed by atoms with Crippen molar-refractivity contribution in [1.82, 2.24) is 15.2 Å². The fourth-order valence-electron chi connectivity index (χ4n) is 3.55. The molecule has 1 aromatic carbocycles. The summed E-state index contributed by atoms with van der Waals surface area (Å²) in [5.74, 6) is 1.23. The van der Waals surface area contributed by atoms with Crippen LogP contribution in [0.2, 0.25) is 0 Å². The normalized spacial score (nSPS) is 26.2. The number of phenols is 1. The van der Waals surface area contributed by atoms with Crippen LogP contribution in [0, 0.1) is 5.92 Å². The van der Waals surface area contributed by atoms with E-state index < -0.39 is 0 Å². The Morgan fingerprint density at radius 2 is 2.13 bits per heavy atom. The van der Waals surface area contributed by atoms with E-state index >= 15 is 0 Å². The minimum Gasteiger partial charge on any atom is -0.508 e. The largest absolute Gasteiger partial charge is 0.508 e. The van der Waals surface area contributed by atoms with Crippen LogP contribution in [-0.2, 0) is 0 Å². The number of amides is 1. The molecular formula is C17H19N3O3. The van der Waals surface area contributed by atoms with E-state index in [1.54, 1.807) is 24.3 Å². The molecule has 23 heavy (non-hydrogen) atoms. The summed E-state index contributed by atoms with van der Waals surface area (Å²) in [6, 6.07) is 6.77. The Morgan fingerprint density at radius 1 is 1.30 bits per heavy atom. The van der Waals surface area contributed by atoms with Gasteiger partial charge in [0, 0.05) is 24.7 Å². The lowest BCUT2D eigenvalue weighted by atomic mass is 9.97. The Labute approximate surface area is 134 Å². The van der Waals surface area contributed by atoms with Crippen LogP contribution in [0.3, 0.4) is 0 Å². The second-order valence-electron chi connectivity index (χ2n) is 6.40. The van der Waals surface area contributed by atoms with Crippen LogP contribution in [0.25, 0.3) is 11.3 Å². The molecular weight excluding hydrogens is 294 g/mol. The molecule has 3 atom stereocenters. The van der Waals surface area contributed by atoms with Gasteiger partial charge in [0.2, 0.25) is 0 Å². The monoisotopic (exact) mass is 313 g/mol. The number of carbonyl (C=O) groups is 1. The molecule has 2 aliphatic rings. The molecule has 3 heterocycles. The minimum atomic E-state index is -0.262. The molecule has 1 aromatic heterocycles. The lowest BCUT2D eigenvalue weighted by Crippen LogP contribution is -2.47. The van der Waals surface area contributed by atoms with Crippen molar-refractivity contribution in [1.29, 1.82) is 0 Å². The van der Waals surface area contributed by atoms with Crippen molar-refractivity contribution < 1.29 is 14.3 Å². The number of oxazole rings is 1. The molecule has 6 nitrogen and oxygen atoms in total. The second-order valence-corrected chi connectivity index (χ2v) is 6.40. The molecule has 0 saturated carbocycles. The number of carbonyl (C=O) groups excluding carboxylic acids is 1. The first kappa shape index (κ1) is 14.3. The highest BCUT2D eigenvalue weighted by Gasteiger charge is 2.33. The lowest BCUT2D eigenvalue weighted by molar-refractivity contribution is 0.0875. The first-order chi connectivity index (χ1) is 11.2. The average Bonchev–Trinajstić information content (AvgIpc) is 3.15. The van der Waals surface area contributed by atoms with Gasteiger partial charge in [0.1, 0.15) is 5.75 Å². The zero-order chi connectivity index (χ0) is 15.8. The summed E-state index contributed by atoms with van der Waals surface area (Å²) >= 11 is 0. The molecule has 2 N–H and O–H groups in total. The first-order valence-electron chi connectivity index (χ1n) is 7.96. The van der Waals surface area contributed by atoms with E-state index in [1.807, 2.05) is 0 Å². The van der Waals surface area contributed by atoms with Crippen LogP contribution in [0.4, 0.5) is 0 Å². The number of benzene rings is 1. The lowest BCUT2D eigenvalue weighted by Gasteiger charge is -2.30. The van der Waals surface area contributed by atoms with Crippen molar-refractivity contribution in [3.63, 3.8) is 0 Å². The molecule has 120 valence electrons. The van der Waals surface area contributed by atoms with Crippen LogP contribution >= 0.6 is 0 Å². The summed E-state index contributed by atoms with van der Waals surface area (Å²) in [6.45, 7) is 3.21. The van der Waals surface area contributed by atoms with Gasteiger partial charge in [0.05, 0.1) is 6.20 Å². The number of hydrogen-bond acceptors (Lipinski definition) is 5. The smallest absolute Gasteiger partial charge is 0.307 e. The first-order valence-corrected chi connectivity index (χ1v) is 7.96. The summed E-state index contributed by atoms with van der Waals surface area (Å²) < 4.78 is 5.56. The standard InChI is InChI=1S/C17H19N3O3/c21-14-3-1-12(2-4-14)15-8-18-17(23-15)16(22)19-13-7-11-5-6-20(9-11)10-13/h1-4,8,11,13,21H,5-7,9-10H2,(H,19,22)/t11-,13-/m1/s1. The molecule has 6 heteroatoms. The number of aromatic hydroxyl groups is 1. The summed E-state index contributed by atoms with van der Waals surface area (Å²) in [7, 11) is 0. The van der Waals surface area contributed by atoms with Crippen LogP contribution < -0.4 is 5.32 Å². The zero-order valence-electron chi connectivity index (χ0n) is 12.7. The maximum Gasteiger partial charge on any atom is 0.307 e. The van der Waals surface area contributed by atoms with Gasteiger partial charge in [-0.3, -0.25) is 4.79 Å². The molecule has 1 unspecified atom stereocenters. The van der Waals surface area contributed by atoms with E-state index in [0.717, 1.165) is 31.6 Å². The number of hydrogen-bond donors (Lipinski definition) is 2. The molecule has 4 rings (SSSR count). The van der Waals surface area contributed by atoms with E-state index in [0.29, 0.717) is 11.7 Å². The van der Waals surface area contributed by atoms with Crippen molar-refractivity contribution in [2.75, 3.05) is 19.6 Å². The van der Waals surface area contributed by atoms with E-state index in [2.05, 4.69) is 15.2 Å². The highest BCUT2D eigenvalue weighted by Crippen LogP contribution is 2.27. The predicted octanol–water partition coefficient (Wildman–Crippen LogP) is 1.87. The van der Waals surface area contributed by atoms with E-state index in [-0.39, 0.29) is 23.6 Å². The molecule has 2 bridgehead atoms. The molecule has 2 fully saturated rings. The van der Waals surface area contributed by atoms with Crippen molar-refractivity contribution in [2.45, 2.75) is 18.9 Å². The van der Waals surface area contributed by atoms with E-state index in [1.165, 1.54) is 12.6 Å². The number of fused-ring (bicyclic) bond motifs is 2. The Balaban J connectivity index is 1.44. The van der Waals surface area contributed by atoms with Crippen molar-refractivity contribution in [2.24, 2.45) is 5.92 Å². The Bertz CT molecular complexity index is 698.